The maximum atomic E-state index is 5.34. The Kier molecular flexibility index (Phi) is 4.24. The van der Waals surface area contributed by atoms with Crippen molar-refractivity contribution in [2.75, 3.05) is 19.8 Å². The Morgan fingerprint density at radius 1 is 1.44 bits per heavy atom. The Labute approximate surface area is 95.4 Å². The molecule has 6 nitrogen and oxygen atoms in total. The van der Waals surface area contributed by atoms with E-state index in [2.05, 4.69) is 27.8 Å². The molecule has 90 valence electrons. The van der Waals surface area contributed by atoms with Crippen molar-refractivity contribution in [1.29, 1.82) is 0 Å². The van der Waals surface area contributed by atoms with Gasteiger partial charge in [0.15, 0.2) is 5.82 Å². The van der Waals surface area contributed by atoms with Gasteiger partial charge in [0.1, 0.15) is 0 Å². The van der Waals surface area contributed by atoms with Gasteiger partial charge in [-0.1, -0.05) is 6.92 Å². The first kappa shape index (κ1) is 11.5. The molecule has 0 atom stereocenters. The Morgan fingerprint density at radius 3 is 3.00 bits per heavy atom. The van der Waals surface area contributed by atoms with Crippen molar-refractivity contribution < 1.29 is 4.74 Å². The van der Waals surface area contributed by atoms with Crippen LogP contribution in [-0.4, -0.2) is 40.0 Å². The summed E-state index contributed by atoms with van der Waals surface area (Å²) in [5.41, 5.74) is 0. The molecule has 0 unspecified atom stereocenters. The van der Waals surface area contributed by atoms with Gasteiger partial charge >= 0.3 is 0 Å². The van der Waals surface area contributed by atoms with Crippen molar-refractivity contribution in [3.05, 3.63) is 5.82 Å². The van der Waals surface area contributed by atoms with Crippen molar-refractivity contribution in [3.8, 4) is 0 Å². The summed E-state index contributed by atoms with van der Waals surface area (Å²) in [6.07, 6.45) is 2.22. The fraction of sp³-hybridized carbons (Fsp3) is 0.900. The first-order valence-corrected chi connectivity index (χ1v) is 5.93. The minimum Gasteiger partial charge on any atom is -0.381 e. The summed E-state index contributed by atoms with van der Waals surface area (Å²) in [4.78, 5) is 0. The number of nitrogens with zero attached hydrogens (tertiary/aromatic N) is 4. The van der Waals surface area contributed by atoms with Gasteiger partial charge in [-0.2, -0.15) is 0 Å². The molecule has 6 heteroatoms. The molecular weight excluding hydrogens is 206 g/mol. The van der Waals surface area contributed by atoms with Crippen LogP contribution in [0.1, 0.15) is 25.6 Å². The van der Waals surface area contributed by atoms with E-state index in [1.807, 2.05) is 4.68 Å². The highest BCUT2D eigenvalue weighted by atomic mass is 16.5. The normalized spacial score (nSPS) is 17.8. The number of aromatic nitrogens is 4. The summed E-state index contributed by atoms with van der Waals surface area (Å²) < 4.78 is 7.26. The van der Waals surface area contributed by atoms with Gasteiger partial charge in [0, 0.05) is 19.8 Å². The van der Waals surface area contributed by atoms with Crippen LogP contribution in [0.3, 0.4) is 0 Å². The third kappa shape index (κ3) is 2.99. The van der Waals surface area contributed by atoms with E-state index in [0.29, 0.717) is 5.92 Å². The third-order valence-electron chi connectivity index (χ3n) is 2.91. The predicted molar refractivity (Wildman–Crippen MR) is 58.7 cm³/mol. The second-order valence-corrected chi connectivity index (χ2v) is 4.11. The average molecular weight is 225 g/mol. The monoisotopic (exact) mass is 225 g/mol. The molecule has 0 radical (unpaired) electrons. The van der Waals surface area contributed by atoms with E-state index in [0.717, 1.165) is 51.5 Å². The Bertz CT molecular complexity index is 308. The van der Waals surface area contributed by atoms with Crippen molar-refractivity contribution in [3.63, 3.8) is 0 Å². The lowest BCUT2D eigenvalue weighted by Gasteiger charge is -2.21. The van der Waals surface area contributed by atoms with Gasteiger partial charge in [-0.05, 0) is 35.7 Å². The van der Waals surface area contributed by atoms with Crippen LogP contribution in [0.5, 0.6) is 0 Å². The van der Waals surface area contributed by atoms with Crippen LogP contribution in [0.25, 0.3) is 0 Å². The van der Waals surface area contributed by atoms with Gasteiger partial charge in [-0.3, -0.25) is 0 Å². The zero-order valence-corrected chi connectivity index (χ0v) is 9.72. The molecule has 1 fully saturated rings. The van der Waals surface area contributed by atoms with E-state index in [-0.39, 0.29) is 0 Å². The van der Waals surface area contributed by atoms with E-state index in [1.54, 1.807) is 0 Å². The van der Waals surface area contributed by atoms with Gasteiger partial charge in [0.25, 0.3) is 0 Å². The molecule has 0 bridgehead atoms. The van der Waals surface area contributed by atoms with Crippen LogP contribution in [0, 0.1) is 5.92 Å². The number of nitrogens with one attached hydrogen (secondary N) is 1. The molecule has 1 saturated heterocycles. The molecule has 0 amide bonds. The first-order chi connectivity index (χ1) is 7.90. The molecule has 2 heterocycles. The van der Waals surface area contributed by atoms with Crippen LogP contribution in [0.2, 0.25) is 0 Å². The SMILES string of the molecule is CCNCc1nnnn1CC1CCOCC1. The lowest BCUT2D eigenvalue weighted by Crippen LogP contribution is -2.23. The molecule has 1 aliphatic rings. The van der Waals surface area contributed by atoms with Gasteiger partial charge in [0.05, 0.1) is 6.54 Å². The highest BCUT2D eigenvalue weighted by Gasteiger charge is 2.16. The number of tetrazole rings is 1. The third-order valence-corrected chi connectivity index (χ3v) is 2.91. The Hall–Kier alpha value is -1.01. The number of hydrogen-bond acceptors (Lipinski definition) is 5. The van der Waals surface area contributed by atoms with E-state index < -0.39 is 0 Å². The molecule has 1 aromatic rings. The number of hydrogen-bond donors (Lipinski definition) is 1. The van der Waals surface area contributed by atoms with Gasteiger partial charge in [0.2, 0.25) is 0 Å². The van der Waals surface area contributed by atoms with E-state index >= 15 is 0 Å². The predicted octanol–water partition coefficient (Wildman–Crippen LogP) is 0.209. The smallest absolute Gasteiger partial charge is 0.165 e. The maximum Gasteiger partial charge on any atom is 0.165 e. The summed E-state index contributed by atoms with van der Waals surface area (Å²) in [6.45, 7) is 6.41. The minimum atomic E-state index is 0.651. The molecule has 0 aliphatic carbocycles. The quantitative estimate of drug-likeness (QED) is 0.776. The maximum absolute atomic E-state index is 5.34. The Morgan fingerprint density at radius 2 is 2.25 bits per heavy atom. The van der Waals surface area contributed by atoms with Crippen LogP contribution in [-0.2, 0) is 17.8 Å². The van der Waals surface area contributed by atoms with Crippen molar-refractivity contribution in [2.24, 2.45) is 5.92 Å². The molecule has 0 spiro atoms. The zero-order valence-electron chi connectivity index (χ0n) is 9.72. The van der Waals surface area contributed by atoms with Crippen molar-refractivity contribution in [2.45, 2.75) is 32.9 Å². The summed E-state index contributed by atoms with van der Waals surface area (Å²) in [7, 11) is 0. The Balaban J connectivity index is 1.89. The first-order valence-electron chi connectivity index (χ1n) is 5.93. The lowest BCUT2D eigenvalue weighted by molar-refractivity contribution is 0.0596. The molecule has 1 aromatic heterocycles. The second kappa shape index (κ2) is 5.91. The lowest BCUT2D eigenvalue weighted by atomic mass is 10.0. The van der Waals surface area contributed by atoms with Gasteiger partial charge in [-0.25, -0.2) is 4.68 Å². The fourth-order valence-corrected chi connectivity index (χ4v) is 1.90. The highest BCUT2D eigenvalue weighted by molar-refractivity contribution is 4.80. The van der Waals surface area contributed by atoms with Crippen molar-refractivity contribution >= 4 is 0 Å². The van der Waals surface area contributed by atoms with Gasteiger partial charge in [-0.15, -0.1) is 5.10 Å². The molecule has 0 saturated carbocycles. The standard InChI is InChI=1S/C10H19N5O/c1-2-11-7-10-12-13-14-15(10)8-9-3-5-16-6-4-9/h9,11H,2-8H2,1H3. The summed E-state index contributed by atoms with van der Waals surface area (Å²) in [5.74, 6) is 1.57. The molecule has 2 rings (SSSR count). The molecule has 16 heavy (non-hydrogen) atoms. The minimum absolute atomic E-state index is 0.651. The van der Waals surface area contributed by atoms with Gasteiger partial charge < -0.3 is 10.1 Å². The van der Waals surface area contributed by atoms with E-state index in [1.165, 1.54) is 0 Å². The fourth-order valence-electron chi connectivity index (χ4n) is 1.90. The molecule has 1 N–H and O–H groups in total. The number of rotatable bonds is 5. The largest absolute Gasteiger partial charge is 0.381 e. The van der Waals surface area contributed by atoms with Crippen molar-refractivity contribution in [1.82, 2.24) is 25.5 Å². The molecule has 1 aliphatic heterocycles. The topological polar surface area (TPSA) is 64.9 Å². The highest BCUT2D eigenvalue weighted by Crippen LogP contribution is 2.16. The van der Waals surface area contributed by atoms with E-state index in [9.17, 15) is 0 Å². The molecular formula is C10H19N5O. The summed E-state index contributed by atoms with van der Waals surface area (Å²) in [6, 6.07) is 0. The van der Waals surface area contributed by atoms with Crippen LogP contribution >= 0.6 is 0 Å². The number of ether oxygens (including phenoxy) is 1. The van der Waals surface area contributed by atoms with Crippen LogP contribution < -0.4 is 5.32 Å². The zero-order chi connectivity index (χ0) is 11.2. The van der Waals surface area contributed by atoms with Crippen LogP contribution in [0.4, 0.5) is 0 Å². The second-order valence-electron chi connectivity index (χ2n) is 4.11. The average Bonchev–Trinajstić information content (AvgIpc) is 2.75. The molecule has 0 aromatic carbocycles. The summed E-state index contributed by atoms with van der Waals surface area (Å²) >= 11 is 0. The van der Waals surface area contributed by atoms with E-state index in [4.69, 9.17) is 4.74 Å². The van der Waals surface area contributed by atoms with Crippen LogP contribution in [0.15, 0.2) is 0 Å². The summed E-state index contributed by atoms with van der Waals surface area (Å²) in [5, 5.41) is 15.0.